The minimum atomic E-state index is -3.56. The molecule has 2 rings (SSSR count). The number of hydrogen-bond donors (Lipinski definition) is 2. The fourth-order valence-electron chi connectivity index (χ4n) is 1.76. The third-order valence-electron chi connectivity index (χ3n) is 2.90. The maximum Gasteiger partial charge on any atom is 0.261 e. The van der Waals surface area contributed by atoms with Gasteiger partial charge >= 0.3 is 0 Å². The number of hydrogen-bond acceptors (Lipinski definition) is 3. The molecule has 0 aliphatic heterocycles. The molecule has 0 aliphatic rings. The summed E-state index contributed by atoms with van der Waals surface area (Å²) in [6.45, 7) is 3.63. The second-order valence-electron chi connectivity index (χ2n) is 5.05. The van der Waals surface area contributed by atoms with Crippen LogP contribution in [0.5, 0.6) is 0 Å². The quantitative estimate of drug-likeness (QED) is 0.848. The van der Waals surface area contributed by atoms with E-state index in [1.807, 2.05) is 13.1 Å². The molecular formula is C14H17NO3SSi. The van der Waals surface area contributed by atoms with E-state index < -0.39 is 18.3 Å². The Kier molecular flexibility index (Phi) is 3.98. The van der Waals surface area contributed by atoms with Crippen LogP contribution in [-0.2, 0) is 10.0 Å². The second kappa shape index (κ2) is 5.39. The van der Waals surface area contributed by atoms with Crippen LogP contribution in [0.4, 0.5) is 5.69 Å². The number of nitrogens with one attached hydrogen (secondary N) is 1. The van der Waals surface area contributed by atoms with E-state index in [1.54, 1.807) is 54.6 Å². The van der Waals surface area contributed by atoms with Crippen molar-refractivity contribution in [2.45, 2.75) is 18.0 Å². The van der Waals surface area contributed by atoms with E-state index in [0.717, 1.165) is 5.19 Å². The zero-order valence-corrected chi connectivity index (χ0v) is 13.2. The Balaban J connectivity index is 2.23. The molecule has 2 N–H and O–H groups in total. The molecule has 0 amide bonds. The number of sulfonamides is 1. The van der Waals surface area contributed by atoms with Crippen molar-refractivity contribution >= 4 is 29.2 Å². The van der Waals surface area contributed by atoms with Gasteiger partial charge in [-0.1, -0.05) is 30.3 Å². The number of anilines is 1. The molecule has 20 heavy (non-hydrogen) atoms. The first-order chi connectivity index (χ1) is 9.29. The van der Waals surface area contributed by atoms with Gasteiger partial charge in [0, 0.05) is 5.69 Å². The lowest BCUT2D eigenvalue weighted by molar-refractivity contribution is 0.568. The summed E-state index contributed by atoms with van der Waals surface area (Å²) in [4.78, 5) is 10.2. The van der Waals surface area contributed by atoms with Crippen LogP contribution in [0.25, 0.3) is 0 Å². The normalized spacial score (nSPS) is 12.2. The predicted octanol–water partition coefficient (Wildman–Crippen LogP) is 1.89. The summed E-state index contributed by atoms with van der Waals surface area (Å²) < 4.78 is 26.8. The molecule has 0 heterocycles. The summed E-state index contributed by atoms with van der Waals surface area (Å²) in [5.74, 6) is 0. The molecule has 106 valence electrons. The van der Waals surface area contributed by atoms with E-state index in [0.29, 0.717) is 5.69 Å². The van der Waals surface area contributed by atoms with Crippen LogP contribution in [0.15, 0.2) is 59.5 Å². The number of rotatable bonds is 4. The lowest BCUT2D eigenvalue weighted by Gasteiger charge is -2.15. The first-order valence-electron chi connectivity index (χ1n) is 6.20. The Morgan fingerprint density at radius 3 is 2.00 bits per heavy atom. The second-order valence-corrected chi connectivity index (χ2v) is 10.4. The monoisotopic (exact) mass is 307 g/mol. The molecule has 0 aliphatic carbocycles. The van der Waals surface area contributed by atoms with Gasteiger partial charge in [-0.05, 0) is 42.5 Å². The highest BCUT2D eigenvalue weighted by molar-refractivity contribution is 7.92. The summed E-state index contributed by atoms with van der Waals surface area (Å²) in [6, 6.07) is 15.1. The van der Waals surface area contributed by atoms with E-state index >= 15 is 0 Å². The topological polar surface area (TPSA) is 66.4 Å². The van der Waals surface area contributed by atoms with Gasteiger partial charge in [-0.2, -0.15) is 0 Å². The predicted molar refractivity (Wildman–Crippen MR) is 83.0 cm³/mol. The van der Waals surface area contributed by atoms with Crippen molar-refractivity contribution in [3.8, 4) is 0 Å². The van der Waals surface area contributed by atoms with Crippen LogP contribution in [0.1, 0.15) is 0 Å². The lowest BCUT2D eigenvalue weighted by Crippen LogP contribution is -2.41. The number of benzene rings is 2. The summed E-state index contributed by atoms with van der Waals surface area (Å²) in [6.07, 6.45) is 0. The molecule has 0 atom stereocenters. The molecule has 0 spiro atoms. The Morgan fingerprint density at radius 1 is 0.950 bits per heavy atom. The Bertz CT molecular complexity index is 677. The summed E-state index contributed by atoms with van der Waals surface area (Å²) in [5, 5.41) is 0.861. The van der Waals surface area contributed by atoms with Crippen LogP contribution in [0, 0.1) is 0 Å². The van der Waals surface area contributed by atoms with Gasteiger partial charge in [-0.3, -0.25) is 4.72 Å². The lowest BCUT2D eigenvalue weighted by atomic mass is 10.3. The Morgan fingerprint density at radius 2 is 1.50 bits per heavy atom. The maximum atomic E-state index is 12.1. The maximum absolute atomic E-state index is 12.1. The van der Waals surface area contributed by atoms with Gasteiger partial charge in [0.2, 0.25) is 8.32 Å². The standard InChI is InChI=1S/C14H17NO3SSi/c1-20(2,18)14-10-8-12(9-11-14)15-19(16,17)13-6-4-3-5-7-13/h3-11,15,18H,1-2H3. The van der Waals surface area contributed by atoms with E-state index in [1.165, 1.54) is 0 Å². The minimum Gasteiger partial charge on any atom is -0.428 e. The molecule has 0 unspecified atom stereocenters. The molecule has 0 fully saturated rings. The molecule has 2 aromatic rings. The van der Waals surface area contributed by atoms with E-state index in [9.17, 15) is 13.2 Å². The van der Waals surface area contributed by atoms with Gasteiger partial charge in [0.1, 0.15) is 0 Å². The van der Waals surface area contributed by atoms with Gasteiger partial charge in [-0.15, -0.1) is 0 Å². The molecule has 0 radical (unpaired) electrons. The molecular weight excluding hydrogens is 290 g/mol. The smallest absolute Gasteiger partial charge is 0.261 e. The molecule has 0 bridgehead atoms. The van der Waals surface area contributed by atoms with Crippen LogP contribution in [-0.4, -0.2) is 21.5 Å². The summed E-state index contributed by atoms with van der Waals surface area (Å²) >= 11 is 0. The van der Waals surface area contributed by atoms with Gasteiger partial charge in [0.05, 0.1) is 4.90 Å². The van der Waals surface area contributed by atoms with Crippen molar-refractivity contribution in [1.82, 2.24) is 0 Å². The minimum absolute atomic E-state index is 0.223. The van der Waals surface area contributed by atoms with Crippen LogP contribution >= 0.6 is 0 Å². The fourth-order valence-corrected chi connectivity index (χ4v) is 3.82. The highest BCUT2D eigenvalue weighted by atomic mass is 32.2. The zero-order chi connectivity index (χ0) is 14.8. The average Bonchev–Trinajstić information content (AvgIpc) is 2.39. The zero-order valence-electron chi connectivity index (χ0n) is 11.4. The summed E-state index contributed by atoms with van der Waals surface area (Å²) in [7, 11) is -5.92. The van der Waals surface area contributed by atoms with Crippen molar-refractivity contribution in [3.05, 3.63) is 54.6 Å². The molecule has 4 nitrogen and oxygen atoms in total. The molecule has 0 saturated carbocycles. The SMILES string of the molecule is C[Si](C)(O)c1ccc(NS(=O)(=O)c2ccccc2)cc1. The van der Waals surface area contributed by atoms with Crippen LogP contribution in [0.2, 0.25) is 13.1 Å². The molecule has 0 aromatic heterocycles. The molecule has 2 aromatic carbocycles. The van der Waals surface area contributed by atoms with Crippen LogP contribution in [0.3, 0.4) is 0 Å². The van der Waals surface area contributed by atoms with E-state index in [-0.39, 0.29) is 4.90 Å². The van der Waals surface area contributed by atoms with Crippen molar-refractivity contribution in [1.29, 1.82) is 0 Å². The third-order valence-corrected chi connectivity index (χ3v) is 6.04. The van der Waals surface area contributed by atoms with Gasteiger partial charge < -0.3 is 4.80 Å². The highest BCUT2D eigenvalue weighted by Gasteiger charge is 2.20. The average molecular weight is 307 g/mol. The van der Waals surface area contributed by atoms with Crippen molar-refractivity contribution in [3.63, 3.8) is 0 Å². The van der Waals surface area contributed by atoms with E-state index in [4.69, 9.17) is 0 Å². The fraction of sp³-hybridized carbons (Fsp3) is 0.143. The molecule has 6 heteroatoms. The van der Waals surface area contributed by atoms with E-state index in [2.05, 4.69) is 4.72 Å². The largest absolute Gasteiger partial charge is 0.428 e. The summed E-state index contributed by atoms with van der Waals surface area (Å²) in [5.41, 5.74) is 0.482. The van der Waals surface area contributed by atoms with Crippen molar-refractivity contribution in [2.75, 3.05) is 4.72 Å². The first-order valence-corrected chi connectivity index (χ1v) is 10.6. The molecule has 0 saturated heterocycles. The highest BCUT2D eigenvalue weighted by Crippen LogP contribution is 2.15. The Hall–Kier alpha value is -1.63. The van der Waals surface area contributed by atoms with Crippen LogP contribution < -0.4 is 9.91 Å². The van der Waals surface area contributed by atoms with Gasteiger partial charge in [0.15, 0.2) is 0 Å². The van der Waals surface area contributed by atoms with Gasteiger partial charge in [-0.25, -0.2) is 8.42 Å². The van der Waals surface area contributed by atoms with Crippen molar-refractivity contribution < 1.29 is 13.2 Å². The first kappa shape index (κ1) is 14.8. The van der Waals surface area contributed by atoms with Gasteiger partial charge in [0.25, 0.3) is 10.0 Å². The third kappa shape index (κ3) is 3.47. The Labute approximate surface area is 120 Å². The van der Waals surface area contributed by atoms with Crippen molar-refractivity contribution in [2.24, 2.45) is 0 Å².